The number of aryl methyl sites for hydroxylation is 1. The van der Waals surface area contributed by atoms with E-state index in [4.69, 9.17) is 0 Å². The van der Waals surface area contributed by atoms with Gasteiger partial charge in [-0.25, -0.2) is 4.79 Å². The summed E-state index contributed by atoms with van der Waals surface area (Å²) in [4.78, 5) is 24.0. The van der Waals surface area contributed by atoms with E-state index >= 15 is 0 Å². The third-order valence-corrected chi connectivity index (χ3v) is 4.36. The first-order chi connectivity index (χ1) is 9.92. The molecule has 110 valence electrons. The Hall–Kier alpha value is -2.34. The Labute approximate surface area is 124 Å². The molecule has 0 aromatic carbocycles. The standard InChI is InChI=1S/C12H14N6O2S/c1-5-8-14-15-11(16(8)2)21-10-7(6-13)9(19)17(3)12(20)18(10)4/h5H2,1-4H3. The summed E-state index contributed by atoms with van der Waals surface area (Å²) >= 11 is 1.08. The molecule has 0 saturated heterocycles. The summed E-state index contributed by atoms with van der Waals surface area (Å²) in [5.41, 5.74) is -1.17. The van der Waals surface area contributed by atoms with E-state index in [-0.39, 0.29) is 10.6 Å². The smallest absolute Gasteiger partial charge is 0.309 e. The number of rotatable bonds is 3. The minimum absolute atomic E-state index is 0.0781. The Morgan fingerprint density at radius 2 is 1.81 bits per heavy atom. The summed E-state index contributed by atoms with van der Waals surface area (Å²) < 4.78 is 3.95. The van der Waals surface area contributed by atoms with Crippen LogP contribution < -0.4 is 11.2 Å². The molecule has 0 aliphatic heterocycles. The van der Waals surface area contributed by atoms with Crippen molar-refractivity contribution in [3.8, 4) is 6.07 Å². The highest BCUT2D eigenvalue weighted by Gasteiger charge is 2.19. The monoisotopic (exact) mass is 306 g/mol. The van der Waals surface area contributed by atoms with Crippen LogP contribution in [0.25, 0.3) is 0 Å². The van der Waals surface area contributed by atoms with E-state index in [1.165, 1.54) is 18.7 Å². The zero-order valence-electron chi connectivity index (χ0n) is 12.1. The van der Waals surface area contributed by atoms with Crippen molar-refractivity contribution in [3.63, 3.8) is 0 Å². The molecule has 0 spiro atoms. The topological polar surface area (TPSA) is 98.5 Å². The summed E-state index contributed by atoms with van der Waals surface area (Å²) in [6.07, 6.45) is 0.713. The Balaban J connectivity index is 2.65. The maximum atomic E-state index is 12.0. The number of nitrogens with zero attached hydrogens (tertiary/aromatic N) is 6. The molecule has 2 heterocycles. The van der Waals surface area contributed by atoms with Gasteiger partial charge in [-0.05, 0) is 11.8 Å². The highest BCUT2D eigenvalue weighted by molar-refractivity contribution is 7.99. The molecule has 0 unspecified atom stereocenters. The lowest BCUT2D eigenvalue weighted by molar-refractivity contribution is 0.629. The molecule has 2 rings (SSSR count). The molecule has 0 amide bonds. The largest absolute Gasteiger partial charge is 0.331 e. The average molecular weight is 306 g/mol. The molecule has 21 heavy (non-hydrogen) atoms. The van der Waals surface area contributed by atoms with Crippen molar-refractivity contribution in [2.75, 3.05) is 0 Å². The number of nitriles is 1. The molecule has 8 nitrogen and oxygen atoms in total. The summed E-state index contributed by atoms with van der Waals surface area (Å²) in [5, 5.41) is 18.0. The van der Waals surface area contributed by atoms with Crippen LogP contribution in [-0.2, 0) is 27.6 Å². The van der Waals surface area contributed by atoms with Gasteiger partial charge in [0.25, 0.3) is 5.56 Å². The van der Waals surface area contributed by atoms with Crippen LogP contribution in [0.3, 0.4) is 0 Å². The van der Waals surface area contributed by atoms with Crippen LogP contribution in [0.5, 0.6) is 0 Å². The van der Waals surface area contributed by atoms with E-state index in [1.807, 2.05) is 13.0 Å². The van der Waals surface area contributed by atoms with Crippen molar-refractivity contribution in [1.29, 1.82) is 5.26 Å². The van der Waals surface area contributed by atoms with Crippen LogP contribution >= 0.6 is 11.8 Å². The predicted octanol–water partition coefficient (Wildman–Crippen LogP) is -0.202. The lowest BCUT2D eigenvalue weighted by Gasteiger charge is -2.10. The predicted molar refractivity (Wildman–Crippen MR) is 76.1 cm³/mol. The Morgan fingerprint density at radius 3 is 2.33 bits per heavy atom. The molecule has 0 aliphatic carbocycles. The highest BCUT2D eigenvalue weighted by Crippen LogP contribution is 2.26. The highest BCUT2D eigenvalue weighted by atomic mass is 32.2. The van der Waals surface area contributed by atoms with E-state index in [0.717, 1.165) is 22.2 Å². The van der Waals surface area contributed by atoms with Gasteiger partial charge in [0.05, 0.1) is 0 Å². The number of hydrogen-bond acceptors (Lipinski definition) is 6. The van der Waals surface area contributed by atoms with Gasteiger partial charge >= 0.3 is 5.69 Å². The fraction of sp³-hybridized carbons (Fsp3) is 0.417. The third-order valence-electron chi connectivity index (χ3n) is 3.15. The van der Waals surface area contributed by atoms with Gasteiger partial charge in [-0.3, -0.25) is 13.9 Å². The van der Waals surface area contributed by atoms with Crippen LogP contribution in [0, 0.1) is 11.3 Å². The van der Waals surface area contributed by atoms with Gasteiger partial charge in [-0.2, -0.15) is 5.26 Å². The summed E-state index contributed by atoms with van der Waals surface area (Å²) in [6.45, 7) is 1.95. The van der Waals surface area contributed by atoms with E-state index in [2.05, 4.69) is 10.2 Å². The zero-order chi connectivity index (χ0) is 15.7. The molecule has 0 fully saturated rings. The molecule has 0 N–H and O–H groups in total. The van der Waals surface area contributed by atoms with Crippen LogP contribution in [0.1, 0.15) is 18.3 Å². The van der Waals surface area contributed by atoms with Crippen LogP contribution in [0.4, 0.5) is 0 Å². The molecule has 0 bridgehead atoms. The molecule has 9 heteroatoms. The SMILES string of the molecule is CCc1nnc(Sc2c(C#N)c(=O)n(C)c(=O)n2C)n1C. The molecule has 0 saturated carbocycles. The van der Waals surface area contributed by atoms with E-state index in [9.17, 15) is 14.9 Å². The maximum absolute atomic E-state index is 12.0. The van der Waals surface area contributed by atoms with Crippen molar-refractivity contribution < 1.29 is 0 Å². The first-order valence-corrected chi connectivity index (χ1v) is 7.00. The van der Waals surface area contributed by atoms with Crippen LogP contribution in [-0.4, -0.2) is 23.9 Å². The molecular weight excluding hydrogens is 292 g/mol. The second kappa shape index (κ2) is 5.57. The van der Waals surface area contributed by atoms with E-state index < -0.39 is 11.2 Å². The van der Waals surface area contributed by atoms with Crippen molar-refractivity contribution in [3.05, 3.63) is 32.2 Å². The first-order valence-electron chi connectivity index (χ1n) is 6.18. The van der Waals surface area contributed by atoms with Gasteiger partial charge in [-0.1, -0.05) is 6.92 Å². The van der Waals surface area contributed by atoms with Crippen molar-refractivity contribution >= 4 is 11.8 Å². The van der Waals surface area contributed by atoms with Gasteiger partial charge in [0.1, 0.15) is 22.5 Å². The second-order valence-corrected chi connectivity index (χ2v) is 5.37. The molecule has 0 aliphatic rings. The van der Waals surface area contributed by atoms with Crippen molar-refractivity contribution in [2.45, 2.75) is 23.5 Å². The summed E-state index contributed by atoms with van der Waals surface area (Å²) in [7, 11) is 4.66. The lowest BCUT2D eigenvalue weighted by atomic mass is 10.3. The van der Waals surface area contributed by atoms with Crippen molar-refractivity contribution in [2.24, 2.45) is 21.1 Å². The van der Waals surface area contributed by atoms with E-state index in [1.54, 1.807) is 11.6 Å². The Morgan fingerprint density at radius 1 is 1.14 bits per heavy atom. The first kappa shape index (κ1) is 15.1. The average Bonchev–Trinajstić information content (AvgIpc) is 2.83. The van der Waals surface area contributed by atoms with Gasteiger partial charge in [0, 0.05) is 27.6 Å². The number of hydrogen-bond donors (Lipinski definition) is 0. The van der Waals surface area contributed by atoms with E-state index in [0.29, 0.717) is 11.6 Å². The maximum Gasteiger partial charge on any atom is 0.331 e. The summed E-state index contributed by atoms with van der Waals surface area (Å²) in [6, 6.07) is 1.86. The van der Waals surface area contributed by atoms with Gasteiger partial charge in [0.15, 0.2) is 5.16 Å². The lowest BCUT2D eigenvalue weighted by Crippen LogP contribution is -2.39. The zero-order valence-corrected chi connectivity index (χ0v) is 12.9. The molecule has 2 aromatic heterocycles. The fourth-order valence-electron chi connectivity index (χ4n) is 1.87. The number of aromatic nitrogens is 5. The Bertz CT molecular complexity index is 854. The second-order valence-electron chi connectivity index (χ2n) is 4.41. The van der Waals surface area contributed by atoms with Gasteiger partial charge in [-0.15, -0.1) is 10.2 Å². The third kappa shape index (κ3) is 2.38. The Kier molecular flexibility index (Phi) is 3.99. The van der Waals surface area contributed by atoms with Gasteiger partial charge in [0.2, 0.25) is 0 Å². The van der Waals surface area contributed by atoms with Crippen molar-refractivity contribution in [1.82, 2.24) is 23.9 Å². The van der Waals surface area contributed by atoms with Gasteiger partial charge < -0.3 is 4.57 Å². The molecule has 2 aromatic rings. The normalized spacial score (nSPS) is 10.6. The fourth-order valence-corrected chi connectivity index (χ4v) is 2.82. The minimum atomic E-state index is -0.610. The molecule has 0 atom stereocenters. The summed E-state index contributed by atoms with van der Waals surface area (Å²) in [5.74, 6) is 0.782. The minimum Gasteiger partial charge on any atom is -0.309 e. The molecular formula is C12H14N6O2S. The van der Waals surface area contributed by atoms with Crippen LogP contribution in [0.15, 0.2) is 19.8 Å². The molecule has 0 radical (unpaired) electrons. The quantitative estimate of drug-likeness (QED) is 0.728. The van der Waals surface area contributed by atoms with Crippen LogP contribution in [0.2, 0.25) is 0 Å².